The molecule has 1 heterocycles. The van der Waals surface area contributed by atoms with Gasteiger partial charge in [-0.25, -0.2) is 9.78 Å². The molecule has 0 bridgehead atoms. The van der Waals surface area contributed by atoms with Crippen LogP contribution in [0, 0.1) is 13.8 Å². The second-order valence-corrected chi connectivity index (χ2v) is 7.92. The fraction of sp³-hybridized carbons (Fsp3) is 0.167. The molecule has 7 nitrogen and oxygen atoms in total. The number of nitrogens with one attached hydrogen (secondary N) is 2. The van der Waals surface area contributed by atoms with E-state index < -0.39 is 5.97 Å². The van der Waals surface area contributed by atoms with Gasteiger partial charge in [-0.3, -0.25) is 9.59 Å². The topological polar surface area (TPSA) is 97.4 Å². The van der Waals surface area contributed by atoms with Gasteiger partial charge in [0.05, 0.1) is 29.7 Å². The van der Waals surface area contributed by atoms with Crippen molar-refractivity contribution in [2.24, 2.45) is 0 Å². The van der Waals surface area contributed by atoms with E-state index in [0.29, 0.717) is 22.0 Å². The number of methoxy groups -OCH3 is 1. The number of ether oxygens (including phenoxy) is 1. The summed E-state index contributed by atoms with van der Waals surface area (Å²) in [6.07, 6.45) is 0. The van der Waals surface area contributed by atoms with Crippen molar-refractivity contribution in [3.05, 3.63) is 83.0 Å². The van der Waals surface area contributed by atoms with Crippen LogP contribution in [0.4, 0.5) is 11.4 Å². The fourth-order valence-corrected chi connectivity index (χ4v) is 4.05. The van der Waals surface area contributed by atoms with Crippen LogP contribution in [0.2, 0.25) is 0 Å². The van der Waals surface area contributed by atoms with Crippen molar-refractivity contribution in [2.45, 2.75) is 18.9 Å². The molecule has 0 fully saturated rings. The number of rotatable bonds is 7. The van der Waals surface area contributed by atoms with Crippen LogP contribution >= 0.6 is 11.8 Å². The van der Waals surface area contributed by atoms with Crippen LogP contribution in [0.15, 0.2) is 65.7 Å². The molecule has 3 aromatic rings. The molecule has 0 saturated heterocycles. The summed E-state index contributed by atoms with van der Waals surface area (Å²) in [4.78, 5) is 41.9. The number of esters is 1. The van der Waals surface area contributed by atoms with Crippen LogP contribution in [-0.4, -0.2) is 35.6 Å². The number of anilines is 2. The number of hydrogen-bond donors (Lipinski definition) is 2. The summed E-state index contributed by atoms with van der Waals surface area (Å²) in [7, 11) is 1.28. The first-order chi connectivity index (χ1) is 15.4. The van der Waals surface area contributed by atoms with E-state index in [1.54, 1.807) is 36.4 Å². The Balaban J connectivity index is 1.76. The second-order valence-electron chi connectivity index (χ2n) is 6.95. The summed E-state index contributed by atoms with van der Waals surface area (Å²) in [5.74, 6) is -1.15. The zero-order chi connectivity index (χ0) is 23.1. The summed E-state index contributed by atoms with van der Waals surface area (Å²) in [6, 6.07) is 17.6. The van der Waals surface area contributed by atoms with Crippen molar-refractivity contribution in [3.63, 3.8) is 0 Å². The number of amides is 2. The van der Waals surface area contributed by atoms with Gasteiger partial charge in [-0.05, 0) is 49.7 Å². The molecule has 0 saturated carbocycles. The Kier molecular flexibility index (Phi) is 7.62. The van der Waals surface area contributed by atoms with E-state index in [0.717, 1.165) is 23.0 Å². The molecule has 0 spiro atoms. The molecule has 0 aliphatic heterocycles. The van der Waals surface area contributed by atoms with Gasteiger partial charge >= 0.3 is 5.97 Å². The molecule has 2 amide bonds. The Morgan fingerprint density at radius 3 is 2.38 bits per heavy atom. The molecule has 0 unspecified atom stereocenters. The Hall–Kier alpha value is -3.65. The minimum Gasteiger partial charge on any atom is -0.465 e. The Morgan fingerprint density at radius 1 is 0.969 bits per heavy atom. The van der Waals surface area contributed by atoms with Crippen molar-refractivity contribution in [1.29, 1.82) is 0 Å². The monoisotopic (exact) mass is 449 g/mol. The lowest BCUT2D eigenvalue weighted by Crippen LogP contribution is -2.19. The normalized spacial score (nSPS) is 10.3. The first-order valence-electron chi connectivity index (χ1n) is 9.83. The first kappa shape index (κ1) is 23.0. The maximum absolute atomic E-state index is 12.9. The number of carbonyl (C=O) groups is 3. The molecule has 8 heteroatoms. The lowest BCUT2D eigenvalue weighted by molar-refractivity contribution is -0.113. The van der Waals surface area contributed by atoms with Crippen molar-refractivity contribution in [1.82, 2.24) is 4.98 Å². The number of pyridine rings is 1. The van der Waals surface area contributed by atoms with Crippen LogP contribution in [-0.2, 0) is 9.53 Å². The van der Waals surface area contributed by atoms with E-state index in [9.17, 15) is 14.4 Å². The van der Waals surface area contributed by atoms with Crippen LogP contribution in [0.25, 0.3) is 0 Å². The fourth-order valence-electron chi connectivity index (χ4n) is 3.10. The number of aromatic nitrogens is 1. The molecule has 2 N–H and O–H groups in total. The van der Waals surface area contributed by atoms with Gasteiger partial charge < -0.3 is 15.4 Å². The third kappa shape index (κ3) is 5.73. The van der Waals surface area contributed by atoms with Crippen molar-refractivity contribution in [2.75, 3.05) is 23.5 Å². The largest absolute Gasteiger partial charge is 0.465 e. The number of nitrogens with zero attached hydrogens (tertiary/aromatic N) is 1. The number of carbonyl (C=O) groups excluding carboxylic acids is 3. The van der Waals surface area contributed by atoms with Gasteiger partial charge in [0.25, 0.3) is 5.91 Å². The van der Waals surface area contributed by atoms with E-state index in [-0.39, 0.29) is 23.1 Å². The standard InChI is InChI=1S/C24H23N3O4S/c1-15-13-16(2)25-23(21(15)22(29)26-17-9-5-4-6-10-17)32-14-20(28)27-19-12-8-7-11-18(19)24(30)31-3/h4-13H,14H2,1-3H3,(H,26,29)(H,27,28). The maximum atomic E-state index is 12.9. The van der Waals surface area contributed by atoms with Crippen LogP contribution < -0.4 is 10.6 Å². The van der Waals surface area contributed by atoms with Gasteiger partial charge in [0.15, 0.2) is 0 Å². The zero-order valence-corrected chi connectivity index (χ0v) is 18.8. The third-order valence-electron chi connectivity index (χ3n) is 4.52. The number of hydrogen-bond acceptors (Lipinski definition) is 6. The van der Waals surface area contributed by atoms with Crippen molar-refractivity contribution < 1.29 is 19.1 Å². The van der Waals surface area contributed by atoms with E-state index in [4.69, 9.17) is 4.74 Å². The van der Waals surface area contributed by atoms with Gasteiger partial charge in [-0.1, -0.05) is 42.1 Å². The minimum atomic E-state index is -0.538. The molecule has 3 rings (SSSR count). The number of aryl methyl sites for hydroxylation is 2. The Bertz CT molecular complexity index is 1150. The molecule has 164 valence electrons. The molecule has 0 aliphatic rings. The number of benzene rings is 2. The van der Waals surface area contributed by atoms with E-state index in [1.165, 1.54) is 7.11 Å². The van der Waals surface area contributed by atoms with Gasteiger partial charge in [-0.2, -0.15) is 0 Å². The highest BCUT2D eigenvalue weighted by atomic mass is 32.2. The molecule has 0 aliphatic carbocycles. The van der Waals surface area contributed by atoms with E-state index in [1.807, 2.05) is 38.1 Å². The zero-order valence-electron chi connectivity index (χ0n) is 18.0. The van der Waals surface area contributed by atoms with Crippen molar-refractivity contribution >= 4 is 40.9 Å². The lowest BCUT2D eigenvalue weighted by Gasteiger charge is -2.13. The molecule has 1 aromatic heterocycles. The maximum Gasteiger partial charge on any atom is 0.339 e. The van der Waals surface area contributed by atoms with E-state index >= 15 is 0 Å². The summed E-state index contributed by atoms with van der Waals surface area (Å²) in [5.41, 5.74) is 3.24. The minimum absolute atomic E-state index is 0.0109. The van der Waals surface area contributed by atoms with Gasteiger partial charge in [0.2, 0.25) is 5.91 Å². The summed E-state index contributed by atoms with van der Waals surface area (Å²) < 4.78 is 4.76. The van der Waals surface area contributed by atoms with Gasteiger partial charge in [0.1, 0.15) is 5.03 Å². The molecule has 0 atom stereocenters. The Labute approximate surface area is 190 Å². The molecular formula is C24H23N3O4S. The molecule has 2 aromatic carbocycles. The van der Waals surface area contributed by atoms with E-state index in [2.05, 4.69) is 15.6 Å². The second kappa shape index (κ2) is 10.6. The Morgan fingerprint density at radius 2 is 1.66 bits per heavy atom. The van der Waals surface area contributed by atoms with Gasteiger partial charge in [0, 0.05) is 11.4 Å². The highest BCUT2D eigenvalue weighted by Gasteiger charge is 2.19. The first-order valence-corrected chi connectivity index (χ1v) is 10.8. The predicted molar refractivity (Wildman–Crippen MR) is 125 cm³/mol. The predicted octanol–water partition coefficient (Wildman–Crippen LogP) is 4.47. The highest BCUT2D eigenvalue weighted by molar-refractivity contribution is 8.00. The molecule has 0 radical (unpaired) electrons. The number of para-hydroxylation sites is 2. The van der Waals surface area contributed by atoms with Crippen LogP contribution in [0.3, 0.4) is 0 Å². The highest BCUT2D eigenvalue weighted by Crippen LogP contribution is 2.26. The summed E-state index contributed by atoms with van der Waals surface area (Å²) >= 11 is 1.16. The average Bonchev–Trinajstić information content (AvgIpc) is 2.77. The quantitative estimate of drug-likeness (QED) is 0.408. The summed E-state index contributed by atoms with van der Waals surface area (Å²) in [5, 5.41) is 6.06. The number of thioether (sulfide) groups is 1. The van der Waals surface area contributed by atoms with Gasteiger partial charge in [-0.15, -0.1) is 0 Å². The lowest BCUT2D eigenvalue weighted by atomic mass is 10.1. The SMILES string of the molecule is COC(=O)c1ccccc1NC(=O)CSc1nc(C)cc(C)c1C(=O)Nc1ccccc1. The molecular weight excluding hydrogens is 426 g/mol. The third-order valence-corrected chi connectivity index (χ3v) is 5.49. The summed E-state index contributed by atoms with van der Waals surface area (Å²) in [6.45, 7) is 3.67. The average molecular weight is 450 g/mol. The smallest absolute Gasteiger partial charge is 0.339 e. The molecule has 32 heavy (non-hydrogen) atoms. The van der Waals surface area contributed by atoms with Crippen molar-refractivity contribution in [3.8, 4) is 0 Å². The van der Waals surface area contributed by atoms with Crippen LogP contribution in [0.1, 0.15) is 32.0 Å². The van der Waals surface area contributed by atoms with Crippen LogP contribution in [0.5, 0.6) is 0 Å².